The Kier molecular flexibility index (Phi) is 6.02. The molecule has 0 saturated heterocycles. The van der Waals surface area contributed by atoms with Gasteiger partial charge in [-0.05, 0) is 45.7 Å². The molecule has 0 fully saturated rings. The van der Waals surface area contributed by atoms with Crippen LogP contribution in [0.15, 0.2) is 24.3 Å². The van der Waals surface area contributed by atoms with Crippen LogP contribution in [-0.2, 0) is 4.79 Å². The topological polar surface area (TPSA) is 58.6 Å². The van der Waals surface area contributed by atoms with Crippen molar-refractivity contribution in [3.63, 3.8) is 0 Å². The van der Waals surface area contributed by atoms with E-state index in [1.54, 1.807) is 6.92 Å². The Hall–Kier alpha value is -1.55. The fourth-order valence-electron chi connectivity index (χ4n) is 1.85. The van der Waals surface area contributed by atoms with Gasteiger partial charge >= 0.3 is 0 Å². The molecule has 0 saturated carbocycles. The largest absolute Gasteiger partial charge is 0.481 e. The van der Waals surface area contributed by atoms with Crippen LogP contribution in [0.5, 0.6) is 5.75 Å². The Labute approximate surface area is 121 Å². The van der Waals surface area contributed by atoms with Crippen molar-refractivity contribution in [3.8, 4) is 5.75 Å². The monoisotopic (exact) mass is 279 g/mol. The van der Waals surface area contributed by atoms with Crippen molar-refractivity contribution in [2.45, 2.75) is 52.2 Å². The predicted octanol–water partition coefficient (Wildman–Crippen LogP) is 2.43. The van der Waals surface area contributed by atoms with E-state index < -0.39 is 11.6 Å². The fourth-order valence-corrected chi connectivity index (χ4v) is 1.85. The van der Waals surface area contributed by atoms with Crippen molar-refractivity contribution in [2.75, 3.05) is 6.61 Å². The zero-order chi connectivity index (χ0) is 15.2. The summed E-state index contributed by atoms with van der Waals surface area (Å²) < 4.78 is 5.63. The van der Waals surface area contributed by atoms with E-state index in [1.165, 1.54) is 0 Å². The van der Waals surface area contributed by atoms with Crippen molar-refractivity contribution in [2.24, 2.45) is 0 Å². The van der Waals surface area contributed by atoms with E-state index in [0.29, 0.717) is 12.2 Å². The lowest BCUT2D eigenvalue weighted by molar-refractivity contribution is -0.129. The van der Waals surface area contributed by atoms with Crippen LogP contribution in [0.25, 0.3) is 0 Å². The lowest BCUT2D eigenvalue weighted by Gasteiger charge is -2.30. The van der Waals surface area contributed by atoms with E-state index in [0.717, 1.165) is 12.0 Å². The molecule has 0 aromatic heterocycles. The number of aryl methyl sites for hydroxylation is 1. The standard InChI is InChI=1S/C16H25NO3/c1-5-16(4,10-11-18)17-15(19)13(3)20-14-8-6-12(2)7-9-14/h6-9,13,18H,5,10-11H2,1-4H3,(H,17,19). The molecule has 0 heterocycles. The summed E-state index contributed by atoms with van der Waals surface area (Å²) in [4.78, 5) is 12.1. The van der Waals surface area contributed by atoms with Crippen molar-refractivity contribution in [3.05, 3.63) is 29.8 Å². The Bertz CT molecular complexity index is 430. The number of rotatable bonds is 7. The third-order valence-electron chi connectivity index (χ3n) is 3.57. The molecule has 2 N–H and O–H groups in total. The second-order valence-electron chi connectivity index (χ2n) is 5.45. The Morgan fingerprint density at radius 3 is 2.50 bits per heavy atom. The summed E-state index contributed by atoms with van der Waals surface area (Å²) in [7, 11) is 0. The van der Waals surface area contributed by atoms with Crippen molar-refractivity contribution < 1.29 is 14.6 Å². The maximum atomic E-state index is 12.1. The first kappa shape index (κ1) is 16.5. The van der Waals surface area contributed by atoms with E-state index in [-0.39, 0.29) is 12.5 Å². The minimum absolute atomic E-state index is 0.0534. The number of nitrogens with one attached hydrogen (secondary N) is 1. The summed E-state index contributed by atoms with van der Waals surface area (Å²) in [5.74, 6) is 0.516. The van der Waals surface area contributed by atoms with Gasteiger partial charge in [-0.25, -0.2) is 0 Å². The van der Waals surface area contributed by atoms with E-state index in [2.05, 4.69) is 5.32 Å². The van der Waals surface area contributed by atoms with Crippen LogP contribution in [0, 0.1) is 6.92 Å². The Balaban J connectivity index is 2.60. The molecule has 1 aromatic rings. The van der Waals surface area contributed by atoms with Crippen molar-refractivity contribution >= 4 is 5.91 Å². The predicted molar refractivity (Wildman–Crippen MR) is 79.8 cm³/mol. The normalized spacial score (nSPS) is 15.2. The molecule has 0 aliphatic carbocycles. The summed E-state index contributed by atoms with van der Waals surface area (Å²) in [5, 5.41) is 12.0. The highest BCUT2D eigenvalue weighted by Crippen LogP contribution is 2.16. The highest BCUT2D eigenvalue weighted by Gasteiger charge is 2.26. The van der Waals surface area contributed by atoms with Gasteiger partial charge in [-0.3, -0.25) is 4.79 Å². The smallest absolute Gasteiger partial charge is 0.261 e. The van der Waals surface area contributed by atoms with Gasteiger partial charge in [0.05, 0.1) is 0 Å². The van der Waals surface area contributed by atoms with Gasteiger partial charge in [0, 0.05) is 12.1 Å². The number of hydrogen-bond donors (Lipinski definition) is 2. The lowest BCUT2D eigenvalue weighted by Crippen LogP contribution is -2.50. The van der Waals surface area contributed by atoms with Crippen molar-refractivity contribution in [1.29, 1.82) is 0 Å². The summed E-state index contributed by atoms with van der Waals surface area (Å²) in [5.41, 5.74) is 0.757. The van der Waals surface area contributed by atoms with Crippen LogP contribution in [0.2, 0.25) is 0 Å². The molecule has 4 nitrogen and oxygen atoms in total. The summed E-state index contributed by atoms with van der Waals surface area (Å²) in [6, 6.07) is 7.60. The van der Waals surface area contributed by atoms with Gasteiger partial charge in [-0.15, -0.1) is 0 Å². The molecule has 0 aliphatic rings. The number of hydrogen-bond acceptors (Lipinski definition) is 3. The highest BCUT2D eigenvalue weighted by atomic mass is 16.5. The van der Waals surface area contributed by atoms with Gasteiger partial charge in [0.1, 0.15) is 5.75 Å². The molecule has 0 aliphatic heterocycles. The maximum absolute atomic E-state index is 12.1. The van der Waals surface area contributed by atoms with Gasteiger partial charge in [-0.1, -0.05) is 24.6 Å². The van der Waals surface area contributed by atoms with Gasteiger partial charge in [0.25, 0.3) is 5.91 Å². The molecule has 20 heavy (non-hydrogen) atoms. The number of aliphatic hydroxyl groups excluding tert-OH is 1. The molecule has 112 valence electrons. The Morgan fingerprint density at radius 1 is 1.40 bits per heavy atom. The van der Waals surface area contributed by atoms with Crippen LogP contribution < -0.4 is 10.1 Å². The van der Waals surface area contributed by atoms with E-state index in [9.17, 15) is 4.79 Å². The van der Waals surface area contributed by atoms with Crippen LogP contribution in [0.3, 0.4) is 0 Å². The zero-order valence-electron chi connectivity index (χ0n) is 12.8. The second kappa shape index (κ2) is 7.29. The third-order valence-corrected chi connectivity index (χ3v) is 3.57. The molecular formula is C16H25NO3. The van der Waals surface area contributed by atoms with E-state index in [1.807, 2.05) is 45.0 Å². The molecule has 1 rings (SSSR count). The Morgan fingerprint density at radius 2 is 2.00 bits per heavy atom. The molecule has 0 radical (unpaired) electrons. The fraction of sp³-hybridized carbons (Fsp3) is 0.562. The molecule has 2 atom stereocenters. The van der Waals surface area contributed by atoms with Gasteiger partial charge in [-0.2, -0.15) is 0 Å². The first-order valence-electron chi connectivity index (χ1n) is 7.06. The molecule has 4 heteroatoms. The molecule has 1 aromatic carbocycles. The lowest BCUT2D eigenvalue weighted by atomic mass is 9.94. The van der Waals surface area contributed by atoms with Crippen LogP contribution in [0.1, 0.15) is 39.2 Å². The molecule has 0 spiro atoms. The number of carbonyl (C=O) groups is 1. The first-order chi connectivity index (χ1) is 9.40. The number of ether oxygens (including phenoxy) is 1. The molecule has 2 unspecified atom stereocenters. The quantitative estimate of drug-likeness (QED) is 0.806. The van der Waals surface area contributed by atoms with E-state index >= 15 is 0 Å². The minimum Gasteiger partial charge on any atom is -0.481 e. The zero-order valence-corrected chi connectivity index (χ0v) is 12.8. The second-order valence-corrected chi connectivity index (χ2v) is 5.45. The number of benzene rings is 1. The summed E-state index contributed by atoms with van der Waals surface area (Å²) in [6.45, 7) is 7.70. The first-order valence-corrected chi connectivity index (χ1v) is 7.06. The molecular weight excluding hydrogens is 254 g/mol. The van der Waals surface area contributed by atoms with Crippen LogP contribution in [0.4, 0.5) is 0 Å². The maximum Gasteiger partial charge on any atom is 0.261 e. The van der Waals surface area contributed by atoms with E-state index in [4.69, 9.17) is 9.84 Å². The minimum atomic E-state index is -0.567. The average Bonchev–Trinajstić information content (AvgIpc) is 2.41. The molecule has 1 amide bonds. The summed E-state index contributed by atoms with van der Waals surface area (Å²) >= 11 is 0. The van der Waals surface area contributed by atoms with Crippen molar-refractivity contribution in [1.82, 2.24) is 5.32 Å². The third kappa shape index (κ3) is 4.85. The highest BCUT2D eigenvalue weighted by molar-refractivity contribution is 5.81. The number of carbonyl (C=O) groups excluding carboxylic acids is 1. The number of amides is 1. The summed E-state index contributed by atoms with van der Waals surface area (Å²) in [6.07, 6.45) is 0.727. The average molecular weight is 279 g/mol. The van der Waals surface area contributed by atoms with Gasteiger partial charge in [0.15, 0.2) is 6.10 Å². The van der Waals surface area contributed by atoms with Crippen LogP contribution >= 0.6 is 0 Å². The van der Waals surface area contributed by atoms with Gasteiger partial charge < -0.3 is 15.2 Å². The number of aliphatic hydroxyl groups is 1. The van der Waals surface area contributed by atoms with Gasteiger partial charge in [0.2, 0.25) is 0 Å². The SMILES string of the molecule is CCC(C)(CCO)NC(=O)C(C)Oc1ccc(C)cc1. The van der Waals surface area contributed by atoms with Crippen LogP contribution in [-0.4, -0.2) is 29.3 Å². The molecule has 0 bridgehead atoms.